The smallest absolute Gasteiger partial charge is 0.230 e. The van der Waals surface area contributed by atoms with E-state index in [0.29, 0.717) is 29.3 Å². The first-order valence-corrected chi connectivity index (χ1v) is 11.8. The van der Waals surface area contributed by atoms with E-state index >= 15 is 0 Å². The largest absolute Gasteiger partial charge is 0.497 e. The minimum Gasteiger partial charge on any atom is -0.497 e. The monoisotopic (exact) mass is 481 g/mol. The van der Waals surface area contributed by atoms with E-state index in [1.165, 1.54) is 0 Å². The number of hydrogen-bond acceptors (Lipinski definition) is 5. The number of para-hydroxylation sites is 2. The number of piperidine rings is 1. The van der Waals surface area contributed by atoms with E-state index in [4.69, 9.17) is 9.47 Å². The first-order valence-electron chi connectivity index (χ1n) is 11.8. The maximum atomic E-state index is 13.8. The number of aromatic nitrogens is 1. The molecule has 4 aromatic rings. The predicted molar refractivity (Wildman–Crippen MR) is 139 cm³/mol. The summed E-state index contributed by atoms with van der Waals surface area (Å²) in [7, 11) is 3.19. The van der Waals surface area contributed by atoms with Gasteiger partial charge in [-0.2, -0.15) is 0 Å². The lowest BCUT2D eigenvalue weighted by molar-refractivity contribution is -0.125. The summed E-state index contributed by atoms with van der Waals surface area (Å²) in [5, 5.41) is 4.04. The predicted octanol–water partition coefficient (Wildman–Crippen LogP) is 5.38. The Balaban J connectivity index is 1.57. The number of anilines is 2. The maximum absolute atomic E-state index is 13.8. The van der Waals surface area contributed by atoms with Crippen LogP contribution in [0.2, 0.25) is 0 Å². The molecular weight excluding hydrogens is 454 g/mol. The minimum absolute atomic E-state index is 0.0491. The van der Waals surface area contributed by atoms with Crippen LogP contribution in [0.4, 0.5) is 11.4 Å². The Morgan fingerprint density at radius 1 is 0.944 bits per heavy atom. The van der Waals surface area contributed by atoms with Gasteiger partial charge in [0.25, 0.3) is 0 Å². The number of benzene rings is 3. The Kier molecular flexibility index (Phi) is 6.54. The summed E-state index contributed by atoms with van der Waals surface area (Å²) in [5.74, 6) is 0.581. The molecule has 2 amide bonds. The standard InChI is InChI=1S/C29H27N3O4/c1-35-21-14-12-20(13-15-21)32-26(33)17-16-23(28(32)22-9-3-4-11-25(22)36-2)29(34)31-24-10-5-7-19-8-6-18-30-27(19)24/h3-15,18,23,28H,16-17H2,1-2H3,(H,31,34). The van der Waals surface area contributed by atoms with Crippen LogP contribution in [-0.2, 0) is 9.59 Å². The van der Waals surface area contributed by atoms with E-state index in [1.807, 2.05) is 78.9 Å². The molecule has 0 aliphatic carbocycles. The third-order valence-electron chi connectivity index (χ3n) is 6.63. The first-order chi connectivity index (χ1) is 17.6. The SMILES string of the molecule is COc1ccc(N2C(=O)CCC(C(=O)Nc3cccc4cccnc34)C2c2ccccc2OC)cc1. The quantitative estimate of drug-likeness (QED) is 0.400. The van der Waals surface area contributed by atoms with Crippen molar-refractivity contribution < 1.29 is 19.1 Å². The van der Waals surface area contributed by atoms with Crippen molar-refractivity contribution in [2.75, 3.05) is 24.4 Å². The highest BCUT2D eigenvalue weighted by Gasteiger charge is 2.42. The Bertz CT molecular complexity index is 1400. The summed E-state index contributed by atoms with van der Waals surface area (Å²) in [4.78, 5) is 33.4. The van der Waals surface area contributed by atoms with Crippen molar-refractivity contribution in [3.05, 3.63) is 90.6 Å². The lowest BCUT2D eigenvalue weighted by Crippen LogP contribution is -2.47. The van der Waals surface area contributed by atoms with Gasteiger partial charge in [0.2, 0.25) is 11.8 Å². The van der Waals surface area contributed by atoms with Crippen LogP contribution in [0, 0.1) is 5.92 Å². The van der Waals surface area contributed by atoms with Gasteiger partial charge in [-0.15, -0.1) is 0 Å². The Labute approximate surface area is 209 Å². The van der Waals surface area contributed by atoms with Gasteiger partial charge in [0, 0.05) is 29.3 Å². The summed E-state index contributed by atoms with van der Waals surface area (Å²) in [6.07, 6.45) is 2.38. The van der Waals surface area contributed by atoms with Crippen LogP contribution in [0.1, 0.15) is 24.4 Å². The molecule has 3 aromatic carbocycles. The van der Waals surface area contributed by atoms with E-state index < -0.39 is 12.0 Å². The molecule has 1 fully saturated rings. The molecule has 36 heavy (non-hydrogen) atoms. The van der Waals surface area contributed by atoms with Gasteiger partial charge in [-0.3, -0.25) is 14.6 Å². The van der Waals surface area contributed by atoms with Gasteiger partial charge in [-0.1, -0.05) is 36.4 Å². The van der Waals surface area contributed by atoms with Crippen molar-refractivity contribution in [1.29, 1.82) is 0 Å². The van der Waals surface area contributed by atoms with Gasteiger partial charge in [-0.05, 0) is 48.9 Å². The van der Waals surface area contributed by atoms with Crippen molar-refractivity contribution in [3.8, 4) is 11.5 Å². The lowest BCUT2D eigenvalue weighted by atomic mass is 9.82. The van der Waals surface area contributed by atoms with Crippen molar-refractivity contribution in [1.82, 2.24) is 4.98 Å². The Morgan fingerprint density at radius 3 is 2.50 bits per heavy atom. The number of fused-ring (bicyclic) bond motifs is 1. The van der Waals surface area contributed by atoms with Gasteiger partial charge in [0.15, 0.2) is 0 Å². The average Bonchev–Trinajstić information content (AvgIpc) is 2.93. The topological polar surface area (TPSA) is 80.8 Å². The molecule has 182 valence electrons. The van der Waals surface area contributed by atoms with Crippen LogP contribution in [0.5, 0.6) is 11.5 Å². The normalized spacial score (nSPS) is 17.6. The second-order valence-corrected chi connectivity index (χ2v) is 8.66. The minimum atomic E-state index is -0.557. The molecular formula is C29H27N3O4. The van der Waals surface area contributed by atoms with Crippen LogP contribution < -0.4 is 19.7 Å². The highest BCUT2D eigenvalue weighted by Crippen LogP contribution is 2.43. The Hall–Kier alpha value is -4.39. The number of amides is 2. The molecule has 1 N–H and O–H groups in total. The Morgan fingerprint density at radius 2 is 1.72 bits per heavy atom. The third-order valence-corrected chi connectivity index (χ3v) is 6.63. The van der Waals surface area contributed by atoms with Crippen molar-refractivity contribution in [2.45, 2.75) is 18.9 Å². The molecule has 2 atom stereocenters. The summed E-state index contributed by atoms with van der Waals surface area (Å²) >= 11 is 0. The van der Waals surface area contributed by atoms with Gasteiger partial charge >= 0.3 is 0 Å². The zero-order valence-corrected chi connectivity index (χ0v) is 20.2. The summed E-state index contributed by atoms with van der Waals surface area (Å²) in [5.41, 5.74) is 2.84. The number of hydrogen-bond donors (Lipinski definition) is 1. The molecule has 7 nitrogen and oxygen atoms in total. The number of methoxy groups -OCH3 is 2. The molecule has 5 rings (SSSR count). The van der Waals surface area contributed by atoms with Crippen LogP contribution in [0.15, 0.2) is 85.1 Å². The number of rotatable bonds is 6. The first kappa shape index (κ1) is 23.4. The molecule has 7 heteroatoms. The fourth-order valence-corrected chi connectivity index (χ4v) is 4.91. The zero-order valence-electron chi connectivity index (χ0n) is 20.2. The van der Waals surface area contributed by atoms with Gasteiger partial charge < -0.3 is 19.7 Å². The molecule has 2 heterocycles. The number of nitrogens with one attached hydrogen (secondary N) is 1. The van der Waals surface area contributed by atoms with Crippen LogP contribution in [-0.4, -0.2) is 31.0 Å². The van der Waals surface area contributed by atoms with Gasteiger partial charge in [0.05, 0.1) is 37.4 Å². The number of carbonyl (C=O) groups is 2. The average molecular weight is 482 g/mol. The fraction of sp³-hybridized carbons (Fsp3) is 0.207. The summed E-state index contributed by atoms with van der Waals surface area (Å²) in [6, 6.07) is 23.8. The molecule has 0 saturated carbocycles. The molecule has 1 saturated heterocycles. The fourth-order valence-electron chi connectivity index (χ4n) is 4.91. The lowest BCUT2D eigenvalue weighted by Gasteiger charge is -2.41. The zero-order chi connectivity index (χ0) is 25.1. The van der Waals surface area contributed by atoms with E-state index in [1.54, 1.807) is 25.3 Å². The molecule has 1 aliphatic heterocycles. The molecule has 0 spiro atoms. The van der Waals surface area contributed by atoms with Crippen LogP contribution in [0.3, 0.4) is 0 Å². The van der Waals surface area contributed by atoms with E-state index in [0.717, 1.165) is 16.5 Å². The number of carbonyl (C=O) groups excluding carboxylic acids is 2. The number of pyridine rings is 1. The van der Waals surface area contributed by atoms with Crippen LogP contribution in [0.25, 0.3) is 10.9 Å². The molecule has 2 unspecified atom stereocenters. The molecule has 0 radical (unpaired) electrons. The number of ether oxygens (including phenoxy) is 2. The second-order valence-electron chi connectivity index (χ2n) is 8.66. The van der Waals surface area contributed by atoms with E-state index in [2.05, 4.69) is 10.3 Å². The second kappa shape index (κ2) is 10.1. The molecule has 0 bridgehead atoms. The van der Waals surface area contributed by atoms with Crippen molar-refractivity contribution in [2.24, 2.45) is 5.92 Å². The third kappa shape index (κ3) is 4.35. The van der Waals surface area contributed by atoms with Crippen molar-refractivity contribution in [3.63, 3.8) is 0 Å². The summed E-state index contributed by atoms with van der Waals surface area (Å²) < 4.78 is 11.0. The van der Waals surface area contributed by atoms with Gasteiger partial charge in [-0.25, -0.2) is 0 Å². The molecule has 1 aliphatic rings. The summed E-state index contributed by atoms with van der Waals surface area (Å²) in [6.45, 7) is 0. The molecule has 1 aromatic heterocycles. The maximum Gasteiger partial charge on any atom is 0.230 e. The van der Waals surface area contributed by atoms with Gasteiger partial charge in [0.1, 0.15) is 11.5 Å². The highest BCUT2D eigenvalue weighted by molar-refractivity contribution is 6.04. The van der Waals surface area contributed by atoms with E-state index in [9.17, 15) is 9.59 Å². The highest BCUT2D eigenvalue weighted by atomic mass is 16.5. The van der Waals surface area contributed by atoms with E-state index in [-0.39, 0.29) is 18.2 Å². The van der Waals surface area contributed by atoms with Crippen molar-refractivity contribution >= 4 is 34.1 Å². The van der Waals surface area contributed by atoms with Crippen LogP contribution >= 0.6 is 0 Å². The number of nitrogens with zero attached hydrogens (tertiary/aromatic N) is 2.